The van der Waals surface area contributed by atoms with E-state index in [-0.39, 0.29) is 11.9 Å². The second-order valence-corrected chi connectivity index (χ2v) is 8.91. The molecule has 1 atom stereocenters. The fraction of sp³-hybridized carbons (Fsp3) is 0.192. The van der Waals surface area contributed by atoms with Crippen molar-refractivity contribution in [3.8, 4) is 6.07 Å². The fourth-order valence-electron chi connectivity index (χ4n) is 4.35. The third-order valence-electron chi connectivity index (χ3n) is 5.90. The van der Waals surface area contributed by atoms with Gasteiger partial charge in [-0.25, -0.2) is 4.98 Å². The summed E-state index contributed by atoms with van der Waals surface area (Å²) in [6.07, 6.45) is 4.05. The number of hydrogen-bond donors (Lipinski definition) is 1. The third-order valence-corrected chi connectivity index (χ3v) is 6.67. The van der Waals surface area contributed by atoms with Gasteiger partial charge in [-0.15, -0.1) is 11.3 Å². The van der Waals surface area contributed by atoms with Crippen molar-refractivity contribution in [3.63, 3.8) is 0 Å². The quantitative estimate of drug-likeness (QED) is 0.421. The summed E-state index contributed by atoms with van der Waals surface area (Å²) in [6, 6.07) is 23.9. The first kappa shape index (κ1) is 21.0. The van der Waals surface area contributed by atoms with Crippen molar-refractivity contribution in [2.45, 2.75) is 25.4 Å². The molecule has 6 nitrogen and oxygen atoms in total. The highest BCUT2D eigenvalue weighted by molar-refractivity contribution is 7.14. The monoisotopic (exact) mass is 453 g/mol. The molecule has 2 aromatic heterocycles. The number of benzene rings is 2. The summed E-state index contributed by atoms with van der Waals surface area (Å²) >= 11 is 1.46. The van der Waals surface area contributed by atoms with Crippen LogP contribution in [0.15, 0.2) is 78.3 Å². The van der Waals surface area contributed by atoms with Crippen LogP contribution in [0.3, 0.4) is 0 Å². The number of carbonyl (C=O) groups excluding carboxylic acids is 1. The van der Waals surface area contributed by atoms with Crippen LogP contribution < -0.4 is 10.2 Å². The number of rotatable bonds is 6. The zero-order chi connectivity index (χ0) is 22.6. The van der Waals surface area contributed by atoms with Crippen LogP contribution in [-0.2, 0) is 6.54 Å². The average molecular weight is 454 g/mol. The summed E-state index contributed by atoms with van der Waals surface area (Å²) in [6.45, 7) is 1.52. The molecular weight excluding hydrogens is 430 g/mol. The Morgan fingerprint density at radius 2 is 2.03 bits per heavy atom. The lowest BCUT2D eigenvalue weighted by atomic mass is 10.1. The summed E-state index contributed by atoms with van der Waals surface area (Å²) in [5, 5.41) is 14.8. The zero-order valence-electron chi connectivity index (χ0n) is 18.0. The van der Waals surface area contributed by atoms with Crippen molar-refractivity contribution < 1.29 is 4.79 Å². The smallest absolute Gasteiger partial charge is 0.274 e. The first-order valence-electron chi connectivity index (χ1n) is 10.9. The molecule has 4 aromatic rings. The molecule has 1 saturated heterocycles. The minimum absolute atomic E-state index is 0.191. The molecule has 1 unspecified atom stereocenters. The zero-order valence-corrected chi connectivity index (χ0v) is 18.8. The molecule has 7 heteroatoms. The Balaban J connectivity index is 1.29. The maximum atomic E-state index is 13.0. The van der Waals surface area contributed by atoms with Crippen molar-refractivity contribution in [3.05, 3.63) is 101 Å². The first-order chi connectivity index (χ1) is 16.2. The third kappa shape index (κ3) is 4.52. The van der Waals surface area contributed by atoms with Gasteiger partial charge in [-0.1, -0.05) is 30.3 Å². The molecular formula is C26H23N5OS. The van der Waals surface area contributed by atoms with Gasteiger partial charge in [-0.2, -0.15) is 5.26 Å². The number of anilines is 2. The van der Waals surface area contributed by atoms with E-state index in [9.17, 15) is 4.79 Å². The maximum Gasteiger partial charge on any atom is 0.274 e. The van der Waals surface area contributed by atoms with Crippen molar-refractivity contribution in [1.29, 1.82) is 5.26 Å². The molecule has 0 spiro atoms. The minimum Gasteiger partial charge on any atom is -0.363 e. The van der Waals surface area contributed by atoms with Crippen LogP contribution in [0, 0.1) is 11.3 Å². The lowest BCUT2D eigenvalue weighted by Crippen LogP contribution is -2.22. The number of amides is 1. The van der Waals surface area contributed by atoms with Gasteiger partial charge in [0.2, 0.25) is 0 Å². The van der Waals surface area contributed by atoms with E-state index in [0.29, 0.717) is 22.9 Å². The lowest BCUT2D eigenvalue weighted by Gasteiger charge is -2.25. The van der Waals surface area contributed by atoms with Crippen LogP contribution in [0.1, 0.15) is 46.2 Å². The van der Waals surface area contributed by atoms with Crippen LogP contribution in [0.5, 0.6) is 0 Å². The Hall–Kier alpha value is -3.89. The Kier molecular flexibility index (Phi) is 5.92. The predicted octanol–water partition coefficient (Wildman–Crippen LogP) is 5.46. The van der Waals surface area contributed by atoms with Crippen LogP contribution in [0.4, 0.5) is 10.8 Å². The van der Waals surface area contributed by atoms with E-state index in [0.717, 1.165) is 30.6 Å². The number of carbonyl (C=O) groups is 1. The largest absolute Gasteiger partial charge is 0.363 e. The number of thiazole rings is 1. The van der Waals surface area contributed by atoms with E-state index >= 15 is 0 Å². The summed E-state index contributed by atoms with van der Waals surface area (Å²) in [4.78, 5) is 20.1. The molecule has 0 bridgehead atoms. The van der Waals surface area contributed by atoms with E-state index in [1.165, 1.54) is 17.0 Å². The van der Waals surface area contributed by atoms with E-state index < -0.39 is 0 Å². The SMILES string of the molecule is N#Cc1cccc(Cn2cccc2C(=O)Nc2nc(C3CCCN3c3ccccc3)cs2)c1. The molecule has 3 heterocycles. The molecule has 0 radical (unpaired) electrons. The molecule has 5 rings (SSSR count). The van der Waals surface area contributed by atoms with E-state index in [2.05, 4.69) is 40.6 Å². The standard InChI is InChI=1S/C26H23N5OS/c27-16-19-7-4-8-20(15-19)17-30-13-5-12-24(30)25(32)29-26-28-22(18-33-26)23-11-6-14-31(23)21-9-2-1-3-10-21/h1-5,7-10,12-13,15,18,23H,6,11,14,17H2,(H,28,29,32). The molecule has 2 aromatic carbocycles. The molecule has 0 saturated carbocycles. The molecule has 1 fully saturated rings. The van der Waals surface area contributed by atoms with Gasteiger partial charge < -0.3 is 9.47 Å². The number of hydrogen-bond acceptors (Lipinski definition) is 5. The predicted molar refractivity (Wildman–Crippen MR) is 131 cm³/mol. The highest BCUT2D eigenvalue weighted by atomic mass is 32.1. The number of nitrogens with zero attached hydrogens (tertiary/aromatic N) is 4. The van der Waals surface area contributed by atoms with Gasteiger partial charge in [0.25, 0.3) is 5.91 Å². The highest BCUT2D eigenvalue weighted by Crippen LogP contribution is 2.37. The maximum absolute atomic E-state index is 13.0. The molecule has 1 aliphatic rings. The molecule has 164 valence electrons. The van der Waals surface area contributed by atoms with Gasteiger partial charge in [0.1, 0.15) is 5.69 Å². The number of nitrogens with one attached hydrogen (secondary N) is 1. The van der Waals surface area contributed by atoms with E-state index in [1.807, 2.05) is 46.5 Å². The first-order valence-corrected chi connectivity index (χ1v) is 11.8. The summed E-state index contributed by atoms with van der Waals surface area (Å²) in [7, 11) is 0. The van der Waals surface area contributed by atoms with Gasteiger partial charge >= 0.3 is 0 Å². The number of nitriles is 1. The van der Waals surface area contributed by atoms with Crippen molar-refractivity contribution >= 4 is 28.1 Å². The fourth-order valence-corrected chi connectivity index (χ4v) is 5.11. The van der Waals surface area contributed by atoms with Gasteiger partial charge in [-0.3, -0.25) is 10.1 Å². The number of para-hydroxylation sites is 1. The second kappa shape index (κ2) is 9.31. The normalized spacial score (nSPS) is 15.4. The summed E-state index contributed by atoms with van der Waals surface area (Å²) in [5.41, 5.74) is 4.34. The average Bonchev–Trinajstić information content (AvgIpc) is 3.60. The lowest BCUT2D eigenvalue weighted by molar-refractivity contribution is 0.101. The minimum atomic E-state index is -0.191. The summed E-state index contributed by atoms with van der Waals surface area (Å²) in [5.74, 6) is -0.191. The van der Waals surface area contributed by atoms with Crippen LogP contribution in [0.2, 0.25) is 0 Å². The van der Waals surface area contributed by atoms with Crippen LogP contribution in [0.25, 0.3) is 0 Å². The van der Waals surface area contributed by atoms with Crippen LogP contribution >= 0.6 is 11.3 Å². The van der Waals surface area contributed by atoms with Gasteiger partial charge in [0.15, 0.2) is 5.13 Å². The molecule has 0 aliphatic carbocycles. The highest BCUT2D eigenvalue weighted by Gasteiger charge is 2.28. The Bertz CT molecular complexity index is 1300. The Labute approximate surface area is 196 Å². The molecule has 33 heavy (non-hydrogen) atoms. The molecule has 1 N–H and O–H groups in total. The van der Waals surface area contributed by atoms with Crippen molar-refractivity contribution in [2.75, 3.05) is 16.8 Å². The Morgan fingerprint density at radius 3 is 2.88 bits per heavy atom. The van der Waals surface area contributed by atoms with Crippen molar-refractivity contribution in [1.82, 2.24) is 9.55 Å². The molecule has 1 amide bonds. The second-order valence-electron chi connectivity index (χ2n) is 8.05. The van der Waals surface area contributed by atoms with Gasteiger partial charge in [0.05, 0.1) is 23.4 Å². The number of aromatic nitrogens is 2. The van der Waals surface area contributed by atoms with Gasteiger partial charge in [0, 0.05) is 30.4 Å². The van der Waals surface area contributed by atoms with Crippen molar-refractivity contribution in [2.24, 2.45) is 0 Å². The molecule has 1 aliphatic heterocycles. The summed E-state index contributed by atoms with van der Waals surface area (Å²) < 4.78 is 1.88. The van der Waals surface area contributed by atoms with E-state index in [1.54, 1.807) is 12.1 Å². The van der Waals surface area contributed by atoms with E-state index in [4.69, 9.17) is 10.2 Å². The topological polar surface area (TPSA) is 74.0 Å². The van der Waals surface area contributed by atoms with Crippen LogP contribution in [-0.4, -0.2) is 22.0 Å². The Morgan fingerprint density at radius 1 is 1.15 bits per heavy atom. The van der Waals surface area contributed by atoms with Gasteiger partial charge in [-0.05, 0) is 54.8 Å².